The van der Waals surface area contributed by atoms with Gasteiger partial charge in [-0.05, 0) is 50.7 Å². The number of nitrogens with zero attached hydrogens (tertiary/aromatic N) is 1. The predicted octanol–water partition coefficient (Wildman–Crippen LogP) is 2.93. The first-order chi connectivity index (χ1) is 8.80. The molecular weight excluding hydrogens is 256 g/mol. The molecule has 3 N–H and O–H groups in total. The number of hydrogen-bond acceptors (Lipinski definition) is 4. The first-order valence-electron chi connectivity index (χ1n) is 7.06. The standard InChI is InChI=1S/C15H28N2OS/c1-6-12(16)13(14-11(3)8-9-19-14)17(7-2)10-15(4,5)18/h8-9,12-13,18H,6-7,10,16H2,1-5H3. The van der Waals surface area contributed by atoms with Crippen molar-refractivity contribution >= 4 is 11.3 Å². The molecular formula is C15H28N2OS. The van der Waals surface area contributed by atoms with Gasteiger partial charge in [-0.2, -0.15) is 0 Å². The van der Waals surface area contributed by atoms with E-state index in [9.17, 15) is 5.11 Å². The van der Waals surface area contributed by atoms with Gasteiger partial charge in [-0.15, -0.1) is 11.3 Å². The Labute approximate surface area is 121 Å². The van der Waals surface area contributed by atoms with E-state index in [0.717, 1.165) is 13.0 Å². The van der Waals surface area contributed by atoms with Crippen molar-refractivity contribution in [3.8, 4) is 0 Å². The number of aryl methyl sites for hydroxylation is 1. The normalized spacial score (nSPS) is 15.8. The van der Waals surface area contributed by atoms with E-state index in [0.29, 0.717) is 6.54 Å². The second-order valence-electron chi connectivity index (χ2n) is 5.86. The number of likely N-dealkylation sites (N-methyl/N-ethyl adjacent to an activating group) is 1. The van der Waals surface area contributed by atoms with Crippen LogP contribution in [0.5, 0.6) is 0 Å². The molecule has 0 radical (unpaired) electrons. The van der Waals surface area contributed by atoms with Crippen molar-refractivity contribution in [1.82, 2.24) is 4.90 Å². The fraction of sp³-hybridized carbons (Fsp3) is 0.733. The molecule has 0 saturated heterocycles. The van der Waals surface area contributed by atoms with E-state index in [1.165, 1.54) is 10.4 Å². The van der Waals surface area contributed by atoms with Crippen LogP contribution >= 0.6 is 11.3 Å². The van der Waals surface area contributed by atoms with Crippen LogP contribution in [-0.4, -0.2) is 34.7 Å². The summed E-state index contributed by atoms with van der Waals surface area (Å²) in [4.78, 5) is 3.63. The van der Waals surface area contributed by atoms with Gasteiger partial charge in [0, 0.05) is 17.5 Å². The molecule has 0 spiro atoms. The summed E-state index contributed by atoms with van der Waals surface area (Å²) in [6.45, 7) is 11.6. The topological polar surface area (TPSA) is 49.5 Å². The molecule has 19 heavy (non-hydrogen) atoms. The van der Waals surface area contributed by atoms with E-state index >= 15 is 0 Å². The molecule has 0 saturated carbocycles. The minimum atomic E-state index is -0.702. The van der Waals surface area contributed by atoms with Crippen molar-refractivity contribution < 1.29 is 5.11 Å². The molecule has 3 nitrogen and oxygen atoms in total. The van der Waals surface area contributed by atoms with Gasteiger partial charge < -0.3 is 10.8 Å². The highest BCUT2D eigenvalue weighted by Gasteiger charge is 2.30. The first-order valence-corrected chi connectivity index (χ1v) is 7.94. The van der Waals surface area contributed by atoms with Gasteiger partial charge in [-0.25, -0.2) is 0 Å². The summed E-state index contributed by atoms with van der Waals surface area (Å²) in [6.07, 6.45) is 0.935. The molecule has 1 rings (SSSR count). The monoisotopic (exact) mass is 284 g/mol. The van der Waals surface area contributed by atoms with E-state index in [4.69, 9.17) is 5.73 Å². The van der Waals surface area contributed by atoms with Crippen LogP contribution in [0, 0.1) is 6.92 Å². The molecule has 1 aromatic rings. The molecule has 0 aliphatic rings. The summed E-state index contributed by atoms with van der Waals surface area (Å²) < 4.78 is 0. The number of aliphatic hydroxyl groups is 1. The SMILES string of the molecule is CCC(N)C(c1sccc1C)N(CC)CC(C)(C)O. The van der Waals surface area contributed by atoms with Crippen LogP contribution in [-0.2, 0) is 0 Å². The molecule has 0 amide bonds. The van der Waals surface area contributed by atoms with Crippen LogP contribution in [0.15, 0.2) is 11.4 Å². The van der Waals surface area contributed by atoms with Crippen LogP contribution in [0.1, 0.15) is 50.6 Å². The van der Waals surface area contributed by atoms with E-state index in [-0.39, 0.29) is 12.1 Å². The Morgan fingerprint density at radius 2 is 2.05 bits per heavy atom. The van der Waals surface area contributed by atoms with E-state index in [1.54, 1.807) is 11.3 Å². The predicted molar refractivity (Wildman–Crippen MR) is 83.6 cm³/mol. The molecule has 1 aromatic heterocycles. The molecule has 0 fully saturated rings. The molecule has 0 bridgehead atoms. The van der Waals surface area contributed by atoms with Gasteiger partial charge in [0.1, 0.15) is 0 Å². The summed E-state index contributed by atoms with van der Waals surface area (Å²) in [6, 6.07) is 2.44. The van der Waals surface area contributed by atoms with Crippen molar-refractivity contribution in [3.63, 3.8) is 0 Å². The molecule has 110 valence electrons. The van der Waals surface area contributed by atoms with E-state index < -0.39 is 5.60 Å². The van der Waals surface area contributed by atoms with Crippen LogP contribution in [0.2, 0.25) is 0 Å². The third-order valence-corrected chi connectivity index (χ3v) is 4.53. The lowest BCUT2D eigenvalue weighted by atomic mass is 9.98. The van der Waals surface area contributed by atoms with Gasteiger partial charge in [-0.3, -0.25) is 4.90 Å². The second-order valence-corrected chi connectivity index (χ2v) is 6.81. The molecule has 0 aromatic carbocycles. The smallest absolute Gasteiger partial charge is 0.0718 e. The van der Waals surface area contributed by atoms with Gasteiger partial charge in [0.05, 0.1) is 11.6 Å². The van der Waals surface area contributed by atoms with Crippen molar-refractivity contribution in [3.05, 3.63) is 21.9 Å². The molecule has 0 aliphatic carbocycles. The van der Waals surface area contributed by atoms with Crippen LogP contribution in [0.3, 0.4) is 0 Å². The fourth-order valence-electron chi connectivity index (χ4n) is 2.45. The third kappa shape index (κ3) is 4.56. The zero-order valence-electron chi connectivity index (χ0n) is 12.8. The van der Waals surface area contributed by atoms with Crippen molar-refractivity contribution in [1.29, 1.82) is 0 Å². The molecule has 1 heterocycles. The number of rotatable bonds is 7. The lowest BCUT2D eigenvalue weighted by Gasteiger charge is -2.37. The van der Waals surface area contributed by atoms with Crippen molar-refractivity contribution in [2.24, 2.45) is 5.73 Å². The van der Waals surface area contributed by atoms with Gasteiger partial charge >= 0.3 is 0 Å². The first kappa shape index (κ1) is 16.6. The lowest BCUT2D eigenvalue weighted by molar-refractivity contribution is 0.0179. The zero-order chi connectivity index (χ0) is 14.6. The summed E-state index contributed by atoms with van der Waals surface area (Å²) >= 11 is 1.77. The Morgan fingerprint density at radius 1 is 1.42 bits per heavy atom. The Hall–Kier alpha value is -0.420. The third-order valence-electron chi connectivity index (χ3n) is 3.44. The maximum atomic E-state index is 10.1. The fourth-order valence-corrected chi connectivity index (χ4v) is 3.58. The Kier molecular flexibility index (Phi) is 5.99. The van der Waals surface area contributed by atoms with Crippen LogP contribution in [0.25, 0.3) is 0 Å². The number of nitrogens with two attached hydrogens (primary N) is 1. The highest BCUT2D eigenvalue weighted by Crippen LogP contribution is 2.32. The second kappa shape index (κ2) is 6.84. The van der Waals surface area contributed by atoms with Gasteiger partial charge in [-0.1, -0.05) is 13.8 Å². The van der Waals surface area contributed by atoms with Crippen LogP contribution < -0.4 is 5.73 Å². The Bertz CT molecular complexity index is 384. The average Bonchev–Trinajstić information content (AvgIpc) is 2.73. The van der Waals surface area contributed by atoms with Crippen molar-refractivity contribution in [2.45, 2.75) is 58.7 Å². The van der Waals surface area contributed by atoms with Gasteiger partial charge in [0.2, 0.25) is 0 Å². The minimum absolute atomic E-state index is 0.0969. The average molecular weight is 284 g/mol. The van der Waals surface area contributed by atoms with Crippen LogP contribution in [0.4, 0.5) is 0 Å². The lowest BCUT2D eigenvalue weighted by Crippen LogP contribution is -2.46. The maximum Gasteiger partial charge on any atom is 0.0718 e. The molecule has 2 atom stereocenters. The number of thiophene rings is 1. The van der Waals surface area contributed by atoms with E-state index in [1.807, 2.05) is 13.8 Å². The Balaban J connectivity index is 3.05. The summed E-state index contributed by atoms with van der Waals surface area (Å²) in [5.74, 6) is 0. The highest BCUT2D eigenvalue weighted by atomic mass is 32.1. The Morgan fingerprint density at radius 3 is 2.42 bits per heavy atom. The molecule has 2 unspecified atom stereocenters. The maximum absolute atomic E-state index is 10.1. The highest BCUT2D eigenvalue weighted by molar-refractivity contribution is 7.10. The minimum Gasteiger partial charge on any atom is -0.389 e. The quantitative estimate of drug-likeness (QED) is 0.809. The number of hydrogen-bond donors (Lipinski definition) is 2. The molecule has 4 heteroatoms. The van der Waals surface area contributed by atoms with Gasteiger partial charge in [0.25, 0.3) is 0 Å². The largest absolute Gasteiger partial charge is 0.389 e. The summed E-state index contributed by atoms with van der Waals surface area (Å²) in [5.41, 5.74) is 6.95. The van der Waals surface area contributed by atoms with E-state index in [2.05, 4.69) is 37.1 Å². The van der Waals surface area contributed by atoms with Crippen molar-refractivity contribution in [2.75, 3.05) is 13.1 Å². The molecule has 0 aliphatic heterocycles. The summed E-state index contributed by atoms with van der Waals surface area (Å²) in [5, 5.41) is 12.2. The van der Waals surface area contributed by atoms with Gasteiger partial charge in [0.15, 0.2) is 0 Å². The zero-order valence-corrected chi connectivity index (χ0v) is 13.6. The summed E-state index contributed by atoms with van der Waals surface area (Å²) in [7, 11) is 0.